The summed E-state index contributed by atoms with van der Waals surface area (Å²) in [6, 6.07) is 0. The molecular formula is C15H24O3. The van der Waals surface area contributed by atoms with Crippen LogP contribution in [0.25, 0.3) is 0 Å². The minimum Gasteiger partial charge on any atom is -0.350 e. The summed E-state index contributed by atoms with van der Waals surface area (Å²) in [4.78, 5) is 12.4. The summed E-state index contributed by atoms with van der Waals surface area (Å²) in [5, 5.41) is 0. The summed E-state index contributed by atoms with van der Waals surface area (Å²) < 4.78 is 10.8. The Bertz CT molecular complexity index is 329. The van der Waals surface area contributed by atoms with Crippen LogP contribution >= 0.6 is 0 Å². The largest absolute Gasteiger partial charge is 0.350 e. The van der Waals surface area contributed by atoms with Gasteiger partial charge in [-0.15, -0.1) is 6.58 Å². The average molecular weight is 252 g/mol. The lowest BCUT2D eigenvalue weighted by Gasteiger charge is -2.27. The van der Waals surface area contributed by atoms with Crippen LogP contribution in [0.5, 0.6) is 0 Å². The Morgan fingerprint density at radius 3 is 2.50 bits per heavy atom. The highest BCUT2D eigenvalue weighted by Crippen LogP contribution is 2.32. The normalized spacial score (nSPS) is 21.3. The topological polar surface area (TPSA) is 35.5 Å². The highest BCUT2D eigenvalue weighted by molar-refractivity contribution is 5.86. The van der Waals surface area contributed by atoms with E-state index in [1.807, 2.05) is 20.8 Å². The zero-order valence-electron chi connectivity index (χ0n) is 11.7. The Kier molecular flexibility index (Phi) is 5.29. The molecule has 1 aliphatic heterocycles. The van der Waals surface area contributed by atoms with Crippen molar-refractivity contribution in [2.24, 2.45) is 11.3 Å². The van der Waals surface area contributed by atoms with Crippen LogP contribution < -0.4 is 0 Å². The van der Waals surface area contributed by atoms with E-state index >= 15 is 0 Å². The van der Waals surface area contributed by atoms with E-state index in [9.17, 15) is 4.79 Å². The van der Waals surface area contributed by atoms with Gasteiger partial charge in [0.2, 0.25) is 0 Å². The quantitative estimate of drug-likeness (QED) is 0.653. The summed E-state index contributed by atoms with van der Waals surface area (Å²) in [5.41, 5.74) is 0.446. The van der Waals surface area contributed by atoms with Gasteiger partial charge in [0.05, 0.1) is 13.2 Å². The SMILES string of the molecule is C=C[C@@](C)(CC1OCCO1)C(=O)C[C@@H](C)C(=C)C. The maximum absolute atomic E-state index is 12.4. The van der Waals surface area contributed by atoms with E-state index in [1.165, 1.54) is 0 Å². The van der Waals surface area contributed by atoms with Gasteiger partial charge in [0, 0.05) is 18.3 Å². The first-order valence-electron chi connectivity index (χ1n) is 6.44. The molecule has 0 aromatic carbocycles. The third-order valence-corrected chi connectivity index (χ3v) is 3.70. The fourth-order valence-corrected chi connectivity index (χ4v) is 1.87. The molecule has 3 nitrogen and oxygen atoms in total. The molecule has 18 heavy (non-hydrogen) atoms. The predicted octanol–water partition coefficient (Wildman–Crippen LogP) is 3.11. The maximum atomic E-state index is 12.4. The Hall–Kier alpha value is -0.930. The van der Waals surface area contributed by atoms with E-state index in [4.69, 9.17) is 9.47 Å². The summed E-state index contributed by atoms with van der Waals surface area (Å²) in [6.45, 7) is 14.8. The van der Waals surface area contributed by atoms with Crippen LogP contribution in [0.3, 0.4) is 0 Å². The molecule has 0 N–H and O–H groups in total. The Balaban J connectivity index is 2.64. The van der Waals surface area contributed by atoms with Crippen LogP contribution in [0.1, 0.15) is 33.6 Å². The van der Waals surface area contributed by atoms with E-state index < -0.39 is 5.41 Å². The Labute approximate surface area is 110 Å². The molecule has 0 bridgehead atoms. The van der Waals surface area contributed by atoms with Gasteiger partial charge in [-0.25, -0.2) is 0 Å². The second kappa shape index (κ2) is 6.30. The number of ketones is 1. The first kappa shape index (κ1) is 15.1. The van der Waals surface area contributed by atoms with Gasteiger partial charge in [-0.3, -0.25) is 4.79 Å². The molecule has 2 atom stereocenters. The molecule has 0 spiro atoms. The van der Waals surface area contributed by atoms with Crippen LogP contribution in [0.2, 0.25) is 0 Å². The van der Waals surface area contributed by atoms with Crippen LogP contribution in [0.4, 0.5) is 0 Å². The molecule has 0 aromatic rings. The first-order chi connectivity index (χ1) is 8.39. The molecule has 0 radical (unpaired) electrons. The van der Waals surface area contributed by atoms with E-state index in [1.54, 1.807) is 6.08 Å². The van der Waals surface area contributed by atoms with Gasteiger partial charge in [0.15, 0.2) is 6.29 Å². The van der Waals surface area contributed by atoms with E-state index in [0.717, 1.165) is 5.57 Å². The number of hydrogen-bond donors (Lipinski definition) is 0. The minimum atomic E-state index is -0.585. The van der Waals surface area contributed by atoms with Crippen molar-refractivity contribution in [3.05, 3.63) is 24.8 Å². The fraction of sp³-hybridized carbons (Fsp3) is 0.667. The van der Waals surface area contributed by atoms with Crippen molar-refractivity contribution in [3.63, 3.8) is 0 Å². The van der Waals surface area contributed by atoms with Crippen molar-refractivity contribution in [1.82, 2.24) is 0 Å². The fourth-order valence-electron chi connectivity index (χ4n) is 1.87. The number of carbonyl (C=O) groups excluding carboxylic acids is 1. The zero-order chi connectivity index (χ0) is 13.8. The van der Waals surface area contributed by atoms with Crippen LogP contribution in [0.15, 0.2) is 24.8 Å². The van der Waals surface area contributed by atoms with Crippen molar-refractivity contribution >= 4 is 5.78 Å². The third kappa shape index (κ3) is 3.79. The molecule has 0 unspecified atom stereocenters. The minimum absolute atomic E-state index is 0.173. The van der Waals surface area contributed by atoms with Gasteiger partial charge in [0.25, 0.3) is 0 Å². The second-order valence-corrected chi connectivity index (χ2v) is 5.37. The summed E-state index contributed by atoms with van der Waals surface area (Å²) in [5.74, 6) is 0.370. The second-order valence-electron chi connectivity index (χ2n) is 5.37. The lowest BCUT2D eigenvalue weighted by Crippen LogP contribution is -2.31. The summed E-state index contributed by atoms with van der Waals surface area (Å²) in [7, 11) is 0. The monoisotopic (exact) mass is 252 g/mol. The lowest BCUT2D eigenvalue weighted by atomic mass is 9.78. The molecule has 3 heteroatoms. The molecule has 0 amide bonds. The van der Waals surface area contributed by atoms with E-state index in [2.05, 4.69) is 13.2 Å². The van der Waals surface area contributed by atoms with Gasteiger partial charge in [-0.1, -0.05) is 25.2 Å². The van der Waals surface area contributed by atoms with Gasteiger partial charge in [-0.2, -0.15) is 0 Å². The number of hydrogen-bond acceptors (Lipinski definition) is 3. The maximum Gasteiger partial charge on any atom is 0.159 e. The van der Waals surface area contributed by atoms with Crippen LogP contribution in [-0.2, 0) is 14.3 Å². The summed E-state index contributed by atoms with van der Waals surface area (Å²) >= 11 is 0. The molecule has 1 fully saturated rings. The molecule has 0 aromatic heterocycles. The highest BCUT2D eigenvalue weighted by Gasteiger charge is 2.35. The molecule has 1 saturated heterocycles. The molecule has 1 aliphatic rings. The van der Waals surface area contributed by atoms with Gasteiger partial charge in [0.1, 0.15) is 5.78 Å². The Morgan fingerprint density at radius 1 is 1.50 bits per heavy atom. The number of rotatable bonds is 7. The molecular weight excluding hydrogens is 228 g/mol. The average Bonchev–Trinajstić information content (AvgIpc) is 2.81. The van der Waals surface area contributed by atoms with Crippen molar-refractivity contribution in [2.75, 3.05) is 13.2 Å². The predicted molar refractivity (Wildman–Crippen MR) is 72.2 cm³/mol. The van der Waals surface area contributed by atoms with Crippen molar-refractivity contribution < 1.29 is 14.3 Å². The van der Waals surface area contributed by atoms with E-state index in [-0.39, 0.29) is 18.0 Å². The molecule has 0 aliphatic carbocycles. The van der Waals surface area contributed by atoms with Crippen molar-refractivity contribution in [2.45, 2.75) is 39.9 Å². The van der Waals surface area contributed by atoms with E-state index in [0.29, 0.717) is 26.1 Å². The number of ether oxygens (including phenoxy) is 2. The van der Waals surface area contributed by atoms with Gasteiger partial charge in [-0.05, 0) is 19.8 Å². The Morgan fingerprint density at radius 2 is 2.06 bits per heavy atom. The standard InChI is InChI=1S/C15H24O3/c1-6-15(5,10-14-17-7-8-18-14)13(16)9-12(4)11(2)3/h6,12,14H,1-2,7-10H2,3-5H3/t12-,15+/m1/s1. The smallest absolute Gasteiger partial charge is 0.159 e. The highest BCUT2D eigenvalue weighted by atomic mass is 16.7. The number of carbonyl (C=O) groups is 1. The van der Waals surface area contributed by atoms with Crippen LogP contribution in [0, 0.1) is 11.3 Å². The zero-order valence-corrected chi connectivity index (χ0v) is 11.7. The summed E-state index contributed by atoms with van der Waals surface area (Å²) in [6.07, 6.45) is 2.46. The lowest BCUT2D eigenvalue weighted by molar-refractivity contribution is -0.132. The van der Waals surface area contributed by atoms with Crippen molar-refractivity contribution in [1.29, 1.82) is 0 Å². The third-order valence-electron chi connectivity index (χ3n) is 3.70. The van der Waals surface area contributed by atoms with Crippen molar-refractivity contribution in [3.8, 4) is 0 Å². The van der Waals surface area contributed by atoms with Gasteiger partial charge < -0.3 is 9.47 Å². The molecule has 0 saturated carbocycles. The first-order valence-corrected chi connectivity index (χ1v) is 6.44. The van der Waals surface area contributed by atoms with Gasteiger partial charge >= 0.3 is 0 Å². The molecule has 102 valence electrons. The molecule has 1 heterocycles. The number of Topliss-reactive ketones (excluding diaryl/α,β-unsaturated/α-hetero) is 1. The molecule has 1 rings (SSSR count). The van der Waals surface area contributed by atoms with Crippen LogP contribution in [-0.4, -0.2) is 25.3 Å². The number of allylic oxidation sites excluding steroid dienone is 2.